The van der Waals surface area contributed by atoms with Crippen LogP contribution in [0.25, 0.3) is 22.4 Å². The van der Waals surface area contributed by atoms with Gasteiger partial charge < -0.3 is 14.4 Å². The molecule has 0 aliphatic heterocycles. The van der Waals surface area contributed by atoms with Gasteiger partial charge in [-0.3, -0.25) is 9.59 Å². The second-order valence-corrected chi connectivity index (χ2v) is 8.57. The van der Waals surface area contributed by atoms with Gasteiger partial charge >= 0.3 is 0 Å². The molecule has 2 aromatic carbocycles. The molecule has 168 valence electrons. The van der Waals surface area contributed by atoms with Gasteiger partial charge in [-0.05, 0) is 57.0 Å². The normalized spacial score (nSPS) is 14.1. The van der Waals surface area contributed by atoms with E-state index in [1.54, 1.807) is 19.1 Å². The summed E-state index contributed by atoms with van der Waals surface area (Å²) in [7, 11) is 0. The Morgan fingerprint density at radius 2 is 1.85 bits per heavy atom. The Morgan fingerprint density at radius 3 is 2.61 bits per heavy atom. The van der Waals surface area contributed by atoms with E-state index in [1.807, 2.05) is 41.8 Å². The van der Waals surface area contributed by atoms with Gasteiger partial charge in [0, 0.05) is 17.2 Å². The maximum atomic E-state index is 12.8. The first-order valence-corrected chi connectivity index (χ1v) is 11.2. The quantitative estimate of drug-likeness (QED) is 0.498. The highest BCUT2D eigenvalue weighted by Crippen LogP contribution is 2.31. The van der Waals surface area contributed by atoms with Crippen molar-refractivity contribution in [2.75, 3.05) is 0 Å². The van der Waals surface area contributed by atoms with Crippen LogP contribution < -0.4 is 10.9 Å². The van der Waals surface area contributed by atoms with Gasteiger partial charge in [-0.25, -0.2) is 4.98 Å². The third-order valence-electron chi connectivity index (χ3n) is 6.18. The lowest BCUT2D eigenvalue weighted by atomic mass is 10.1. The van der Waals surface area contributed by atoms with E-state index in [9.17, 15) is 9.59 Å². The van der Waals surface area contributed by atoms with Crippen LogP contribution in [0.2, 0.25) is 0 Å². The van der Waals surface area contributed by atoms with Crippen LogP contribution in [0.1, 0.15) is 59.2 Å². The van der Waals surface area contributed by atoms with Crippen molar-refractivity contribution < 1.29 is 9.32 Å². The third-order valence-corrected chi connectivity index (χ3v) is 6.18. The van der Waals surface area contributed by atoms with Crippen LogP contribution in [0.4, 0.5) is 0 Å². The molecule has 1 fully saturated rings. The van der Waals surface area contributed by atoms with Gasteiger partial charge in [0.15, 0.2) is 0 Å². The Balaban J connectivity index is 1.37. The standard InChI is InChI=1S/C25H25N5O3/c1-15-7-9-17(10-8-15)24(31)26-14-22-28-23(29-33-22)18-11-12-21-20(13-18)27-16(2)25(32)30(21)19-5-3-4-6-19/h7-13,19H,3-6,14H2,1-2H3,(H,26,31). The number of benzene rings is 2. The highest BCUT2D eigenvalue weighted by atomic mass is 16.5. The number of carbonyl (C=O) groups excluding carboxylic acids is 1. The van der Waals surface area contributed by atoms with Crippen molar-refractivity contribution in [2.45, 2.75) is 52.1 Å². The molecule has 5 rings (SSSR count). The van der Waals surface area contributed by atoms with E-state index < -0.39 is 0 Å². The number of nitrogens with zero attached hydrogens (tertiary/aromatic N) is 4. The largest absolute Gasteiger partial charge is 0.343 e. The number of fused-ring (bicyclic) bond motifs is 1. The molecule has 1 saturated carbocycles. The fourth-order valence-electron chi connectivity index (χ4n) is 4.40. The summed E-state index contributed by atoms with van der Waals surface area (Å²) in [6.45, 7) is 3.86. The van der Waals surface area contributed by atoms with E-state index in [-0.39, 0.29) is 24.1 Å². The average Bonchev–Trinajstić information content (AvgIpc) is 3.51. The molecule has 0 bridgehead atoms. The summed E-state index contributed by atoms with van der Waals surface area (Å²) in [6, 6.07) is 13.2. The Morgan fingerprint density at radius 1 is 1.09 bits per heavy atom. The van der Waals surface area contributed by atoms with Crippen molar-refractivity contribution in [3.05, 3.63) is 75.5 Å². The maximum absolute atomic E-state index is 12.8. The average molecular weight is 444 g/mol. The van der Waals surface area contributed by atoms with Crippen molar-refractivity contribution in [1.29, 1.82) is 0 Å². The monoisotopic (exact) mass is 443 g/mol. The molecule has 2 aromatic heterocycles. The molecule has 1 N–H and O–H groups in total. The molecule has 8 heteroatoms. The van der Waals surface area contributed by atoms with E-state index in [1.165, 1.54) is 0 Å². The van der Waals surface area contributed by atoms with E-state index in [0.29, 0.717) is 23.0 Å². The minimum absolute atomic E-state index is 0.0201. The van der Waals surface area contributed by atoms with E-state index in [0.717, 1.165) is 47.8 Å². The topological polar surface area (TPSA) is 103 Å². The molecule has 0 spiro atoms. The predicted octanol–water partition coefficient (Wildman–Crippen LogP) is 4.11. The van der Waals surface area contributed by atoms with Crippen LogP contribution in [0.15, 0.2) is 51.8 Å². The van der Waals surface area contributed by atoms with Crippen LogP contribution in [0.5, 0.6) is 0 Å². The third kappa shape index (κ3) is 4.16. The van der Waals surface area contributed by atoms with Gasteiger partial charge in [-0.15, -0.1) is 0 Å². The number of amides is 1. The van der Waals surface area contributed by atoms with Crippen LogP contribution in [-0.2, 0) is 6.54 Å². The zero-order valence-electron chi connectivity index (χ0n) is 18.7. The van der Waals surface area contributed by atoms with Gasteiger partial charge in [-0.1, -0.05) is 35.7 Å². The molecule has 0 radical (unpaired) electrons. The second-order valence-electron chi connectivity index (χ2n) is 8.57. The zero-order valence-corrected chi connectivity index (χ0v) is 18.7. The molecular formula is C25H25N5O3. The molecule has 8 nitrogen and oxygen atoms in total. The molecule has 0 atom stereocenters. The summed E-state index contributed by atoms with van der Waals surface area (Å²) < 4.78 is 7.23. The summed E-state index contributed by atoms with van der Waals surface area (Å²) in [5.41, 5.74) is 4.43. The molecule has 1 aliphatic rings. The van der Waals surface area contributed by atoms with E-state index in [4.69, 9.17) is 4.52 Å². The summed E-state index contributed by atoms with van der Waals surface area (Å²) in [6.07, 6.45) is 4.32. The van der Waals surface area contributed by atoms with E-state index >= 15 is 0 Å². The van der Waals surface area contributed by atoms with Gasteiger partial charge in [0.1, 0.15) is 5.69 Å². The van der Waals surface area contributed by atoms with Crippen molar-refractivity contribution in [3.63, 3.8) is 0 Å². The summed E-state index contributed by atoms with van der Waals surface area (Å²) in [5, 5.41) is 6.86. The first-order valence-electron chi connectivity index (χ1n) is 11.2. The fraction of sp³-hybridized carbons (Fsp3) is 0.320. The number of hydrogen-bond acceptors (Lipinski definition) is 6. The first-order chi connectivity index (χ1) is 16.0. The highest BCUT2D eigenvalue weighted by Gasteiger charge is 2.22. The van der Waals surface area contributed by atoms with Gasteiger partial charge in [0.2, 0.25) is 11.7 Å². The highest BCUT2D eigenvalue weighted by molar-refractivity contribution is 5.94. The number of nitrogens with one attached hydrogen (secondary N) is 1. The summed E-state index contributed by atoms with van der Waals surface area (Å²) in [4.78, 5) is 34.1. The van der Waals surface area contributed by atoms with Gasteiger partial charge in [0.25, 0.3) is 11.5 Å². The van der Waals surface area contributed by atoms with Gasteiger partial charge in [-0.2, -0.15) is 4.98 Å². The van der Waals surface area contributed by atoms with Gasteiger partial charge in [0.05, 0.1) is 17.6 Å². The summed E-state index contributed by atoms with van der Waals surface area (Å²) in [5.74, 6) is 0.519. The lowest BCUT2D eigenvalue weighted by molar-refractivity contribution is 0.0946. The Bertz CT molecular complexity index is 1380. The van der Waals surface area contributed by atoms with Crippen LogP contribution in [0, 0.1) is 13.8 Å². The number of aromatic nitrogens is 4. The lowest BCUT2D eigenvalue weighted by Gasteiger charge is -2.17. The predicted molar refractivity (Wildman–Crippen MR) is 124 cm³/mol. The molecule has 1 amide bonds. The van der Waals surface area contributed by atoms with Crippen LogP contribution in [0.3, 0.4) is 0 Å². The zero-order chi connectivity index (χ0) is 22.9. The number of aryl methyl sites for hydroxylation is 2. The number of carbonyl (C=O) groups is 1. The first kappa shape index (κ1) is 21.1. The molecular weight excluding hydrogens is 418 g/mol. The molecule has 4 aromatic rings. The molecule has 0 saturated heterocycles. The van der Waals surface area contributed by atoms with Crippen molar-refractivity contribution >= 4 is 16.9 Å². The molecule has 1 aliphatic carbocycles. The van der Waals surface area contributed by atoms with E-state index in [2.05, 4.69) is 20.4 Å². The maximum Gasteiger partial charge on any atom is 0.272 e. The number of hydrogen-bond donors (Lipinski definition) is 1. The van der Waals surface area contributed by atoms with Crippen molar-refractivity contribution in [1.82, 2.24) is 25.0 Å². The lowest BCUT2D eigenvalue weighted by Crippen LogP contribution is -2.26. The van der Waals surface area contributed by atoms with Crippen LogP contribution in [-0.4, -0.2) is 25.6 Å². The SMILES string of the molecule is Cc1ccc(C(=O)NCc2nc(-c3ccc4c(c3)nc(C)c(=O)n4C3CCCC3)no2)cc1. The summed E-state index contributed by atoms with van der Waals surface area (Å²) >= 11 is 0. The molecule has 2 heterocycles. The number of rotatable bonds is 5. The Hall–Kier alpha value is -3.81. The Kier molecular flexibility index (Phi) is 5.50. The second kappa shape index (κ2) is 8.61. The molecule has 33 heavy (non-hydrogen) atoms. The minimum Gasteiger partial charge on any atom is -0.343 e. The Labute approximate surface area is 190 Å². The van der Waals surface area contributed by atoms with Crippen LogP contribution >= 0.6 is 0 Å². The van der Waals surface area contributed by atoms with Crippen molar-refractivity contribution in [2.24, 2.45) is 0 Å². The minimum atomic E-state index is -0.204. The smallest absolute Gasteiger partial charge is 0.272 e. The molecule has 0 unspecified atom stereocenters. The fourth-order valence-corrected chi connectivity index (χ4v) is 4.40. The van der Waals surface area contributed by atoms with Crippen molar-refractivity contribution in [3.8, 4) is 11.4 Å².